The fraction of sp³-hybridized carbons (Fsp3) is 0.647. The second-order valence-corrected chi connectivity index (χ2v) is 7.62. The number of hydrogen-bond acceptors (Lipinski definition) is 2. The van der Waals surface area contributed by atoms with Crippen molar-refractivity contribution in [1.29, 1.82) is 0 Å². The van der Waals surface area contributed by atoms with Crippen LogP contribution >= 0.6 is 11.6 Å². The van der Waals surface area contributed by atoms with Gasteiger partial charge in [0.25, 0.3) is 0 Å². The smallest absolute Gasteiger partial charge is 0.0459 e. The van der Waals surface area contributed by atoms with Gasteiger partial charge in [0, 0.05) is 29.8 Å². The minimum absolute atomic E-state index is 0.134. The molecule has 1 fully saturated rings. The van der Waals surface area contributed by atoms with Crippen LogP contribution in [0.15, 0.2) is 18.2 Å². The van der Waals surface area contributed by atoms with E-state index in [-0.39, 0.29) is 6.04 Å². The molecule has 0 amide bonds. The quantitative estimate of drug-likeness (QED) is 0.909. The molecule has 0 radical (unpaired) electrons. The Morgan fingerprint density at radius 3 is 2.65 bits per heavy atom. The topological polar surface area (TPSA) is 29.3 Å². The van der Waals surface area contributed by atoms with Crippen LogP contribution in [-0.4, -0.2) is 19.1 Å². The number of anilines is 1. The maximum Gasteiger partial charge on any atom is 0.0459 e. The first-order valence-electron chi connectivity index (χ1n) is 7.57. The molecule has 1 aliphatic rings. The minimum atomic E-state index is 0.134. The zero-order valence-electron chi connectivity index (χ0n) is 13.1. The Kier molecular flexibility index (Phi) is 4.66. The molecule has 2 nitrogen and oxygen atoms in total. The second kappa shape index (κ2) is 5.95. The molecule has 1 aromatic carbocycles. The van der Waals surface area contributed by atoms with Gasteiger partial charge in [0.15, 0.2) is 0 Å². The Morgan fingerprint density at radius 1 is 1.40 bits per heavy atom. The molecule has 3 heteroatoms. The van der Waals surface area contributed by atoms with E-state index in [2.05, 4.69) is 31.7 Å². The summed E-state index contributed by atoms with van der Waals surface area (Å²) in [5.41, 5.74) is 8.84. The third-order valence-electron chi connectivity index (χ3n) is 4.37. The van der Waals surface area contributed by atoms with Gasteiger partial charge in [0.1, 0.15) is 0 Å². The first kappa shape index (κ1) is 15.7. The van der Waals surface area contributed by atoms with Crippen molar-refractivity contribution in [2.75, 3.05) is 18.0 Å². The van der Waals surface area contributed by atoms with Gasteiger partial charge in [0.2, 0.25) is 0 Å². The van der Waals surface area contributed by atoms with E-state index < -0.39 is 0 Å². The lowest BCUT2D eigenvalue weighted by molar-refractivity contribution is 0.263. The van der Waals surface area contributed by atoms with Gasteiger partial charge in [0.05, 0.1) is 0 Å². The van der Waals surface area contributed by atoms with Crippen molar-refractivity contribution in [2.45, 2.75) is 46.6 Å². The van der Waals surface area contributed by atoms with Gasteiger partial charge < -0.3 is 10.6 Å². The Morgan fingerprint density at radius 2 is 2.10 bits per heavy atom. The standard InChI is InChI=1S/C17H27ClN2/c1-12(19)10-14-15(18)6-5-7-16(14)20-9-8-13(11-20)17(2,3)4/h5-7,12-13H,8-11,19H2,1-4H3. The lowest BCUT2D eigenvalue weighted by Crippen LogP contribution is -2.27. The summed E-state index contributed by atoms with van der Waals surface area (Å²) in [6.45, 7) is 11.3. The van der Waals surface area contributed by atoms with Crippen molar-refractivity contribution in [3.8, 4) is 0 Å². The van der Waals surface area contributed by atoms with Crippen LogP contribution in [-0.2, 0) is 6.42 Å². The van der Waals surface area contributed by atoms with E-state index >= 15 is 0 Å². The summed E-state index contributed by atoms with van der Waals surface area (Å²) in [4.78, 5) is 2.49. The molecule has 0 aromatic heterocycles. The number of rotatable bonds is 3. The summed E-state index contributed by atoms with van der Waals surface area (Å²) >= 11 is 6.40. The van der Waals surface area contributed by atoms with E-state index in [1.165, 1.54) is 17.7 Å². The highest BCUT2D eigenvalue weighted by Gasteiger charge is 2.32. The average molecular weight is 295 g/mol. The van der Waals surface area contributed by atoms with Crippen LogP contribution in [0.4, 0.5) is 5.69 Å². The molecule has 2 rings (SSSR count). The third kappa shape index (κ3) is 3.48. The van der Waals surface area contributed by atoms with Crippen LogP contribution < -0.4 is 10.6 Å². The molecule has 0 aliphatic carbocycles. The number of nitrogens with zero attached hydrogens (tertiary/aromatic N) is 1. The van der Waals surface area contributed by atoms with Gasteiger partial charge in [-0.05, 0) is 48.8 Å². The van der Waals surface area contributed by atoms with Crippen molar-refractivity contribution in [2.24, 2.45) is 17.1 Å². The monoisotopic (exact) mass is 294 g/mol. The van der Waals surface area contributed by atoms with E-state index in [0.717, 1.165) is 30.5 Å². The predicted molar refractivity (Wildman–Crippen MR) is 88.6 cm³/mol. The maximum atomic E-state index is 6.40. The van der Waals surface area contributed by atoms with Gasteiger partial charge >= 0.3 is 0 Å². The Hall–Kier alpha value is -0.730. The Bertz CT molecular complexity index is 463. The number of nitrogens with two attached hydrogens (primary N) is 1. The minimum Gasteiger partial charge on any atom is -0.371 e. The molecule has 1 aromatic rings. The summed E-state index contributed by atoms with van der Waals surface area (Å²) in [5.74, 6) is 0.740. The molecule has 112 valence electrons. The van der Waals surface area contributed by atoms with Crippen LogP contribution in [0.5, 0.6) is 0 Å². The number of halogens is 1. The molecule has 1 saturated heterocycles. The average Bonchev–Trinajstić information content (AvgIpc) is 2.80. The van der Waals surface area contributed by atoms with Crippen LogP contribution in [0, 0.1) is 11.3 Å². The van der Waals surface area contributed by atoms with Crippen LogP contribution in [0.25, 0.3) is 0 Å². The van der Waals surface area contributed by atoms with E-state index in [9.17, 15) is 0 Å². The highest BCUT2D eigenvalue weighted by Crippen LogP contribution is 2.38. The molecule has 0 saturated carbocycles. The van der Waals surface area contributed by atoms with Gasteiger partial charge in [-0.3, -0.25) is 0 Å². The zero-order valence-corrected chi connectivity index (χ0v) is 13.9. The summed E-state index contributed by atoms with van der Waals surface area (Å²) in [6, 6.07) is 6.34. The van der Waals surface area contributed by atoms with E-state index in [4.69, 9.17) is 17.3 Å². The SMILES string of the molecule is CC(N)Cc1c(Cl)cccc1N1CCC(C(C)(C)C)C1. The first-order valence-corrected chi connectivity index (χ1v) is 7.94. The summed E-state index contributed by atoms with van der Waals surface area (Å²) in [5, 5.41) is 0.846. The Balaban J connectivity index is 2.24. The van der Waals surface area contributed by atoms with Crippen molar-refractivity contribution >= 4 is 17.3 Å². The molecule has 2 N–H and O–H groups in total. The van der Waals surface area contributed by atoms with Gasteiger partial charge in [-0.15, -0.1) is 0 Å². The molecule has 0 spiro atoms. The van der Waals surface area contributed by atoms with Crippen LogP contribution in [0.1, 0.15) is 39.7 Å². The van der Waals surface area contributed by atoms with Crippen molar-refractivity contribution in [1.82, 2.24) is 0 Å². The fourth-order valence-corrected chi connectivity index (χ4v) is 3.30. The van der Waals surface area contributed by atoms with Crippen LogP contribution in [0.2, 0.25) is 5.02 Å². The largest absolute Gasteiger partial charge is 0.371 e. The van der Waals surface area contributed by atoms with Gasteiger partial charge in [-0.1, -0.05) is 38.4 Å². The summed E-state index contributed by atoms with van der Waals surface area (Å²) in [6.07, 6.45) is 2.10. The van der Waals surface area contributed by atoms with E-state index in [1.807, 2.05) is 19.1 Å². The zero-order chi connectivity index (χ0) is 14.9. The third-order valence-corrected chi connectivity index (χ3v) is 4.73. The van der Waals surface area contributed by atoms with Crippen molar-refractivity contribution in [3.05, 3.63) is 28.8 Å². The Labute approximate surface area is 128 Å². The maximum absolute atomic E-state index is 6.40. The van der Waals surface area contributed by atoms with E-state index in [1.54, 1.807) is 0 Å². The molecule has 1 heterocycles. The highest BCUT2D eigenvalue weighted by molar-refractivity contribution is 6.31. The normalized spacial score (nSPS) is 21.3. The molecule has 20 heavy (non-hydrogen) atoms. The fourth-order valence-electron chi connectivity index (χ4n) is 3.05. The molecule has 1 aliphatic heterocycles. The van der Waals surface area contributed by atoms with Crippen molar-refractivity contribution in [3.63, 3.8) is 0 Å². The van der Waals surface area contributed by atoms with Crippen molar-refractivity contribution < 1.29 is 0 Å². The molecular weight excluding hydrogens is 268 g/mol. The molecule has 0 bridgehead atoms. The lowest BCUT2D eigenvalue weighted by Gasteiger charge is -2.28. The van der Waals surface area contributed by atoms with Gasteiger partial charge in [-0.2, -0.15) is 0 Å². The molecular formula is C17H27ClN2. The van der Waals surface area contributed by atoms with Crippen LogP contribution in [0.3, 0.4) is 0 Å². The lowest BCUT2D eigenvalue weighted by atomic mass is 9.80. The van der Waals surface area contributed by atoms with Gasteiger partial charge in [-0.25, -0.2) is 0 Å². The van der Waals surface area contributed by atoms with E-state index in [0.29, 0.717) is 5.41 Å². The molecule has 2 atom stereocenters. The predicted octanol–water partition coefficient (Wildman–Crippen LogP) is 4.10. The first-order chi connectivity index (χ1) is 9.29. The number of hydrogen-bond donors (Lipinski definition) is 1. The molecule has 2 unspecified atom stereocenters. The highest BCUT2D eigenvalue weighted by atomic mass is 35.5. The second-order valence-electron chi connectivity index (χ2n) is 7.22. The summed E-state index contributed by atoms with van der Waals surface area (Å²) in [7, 11) is 0. The summed E-state index contributed by atoms with van der Waals surface area (Å²) < 4.78 is 0. The number of benzene rings is 1.